The SMILES string of the molecule is Cn1nccc1C(O)c1cccc(C(F)(F)F)c1. The lowest BCUT2D eigenvalue weighted by Gasteiger charge is -2.13. The third kappa shape index (κ3) is 2.38. The summed E-state index contributed by atoms with van der Waals surface area (Å²) < 4.78 is 39.1. The minimum atomic E-state index is -4.41. The van der Waals surface area contributed by atoms with E-state index in [0.717, 1.165) is 12.1 Å². The van der Waals surface area contributed by atoms with Crippen LogP contribution in [0.1, 0.15) is 22.9 Å². The zero-order valence-corrected chi connectivity index (χ0v) is 9.52. The molecule has 0 fully saturated rings. The molecule has 0 spiro atoms. The average Bonchev–Trinajstić information content (AvgIpc) is 2.73. The Balaban J connectivity index is 2.38. The number of nitrogens with zero attached hydrogens (tertiary/aromatic N) is 2. The number of rotatable bonds is 2. The maximum absolute atomic E-state index is 12.6. The molecule has 0 saturated heterocycles. The van der Waals surface area contributed by atoms with Gasteiger partial charge in [-0.3, -0.25) is 4.68 Å². The van der Waals surface area contributed by atoms with Gasteiger partial charge < -0.3 is 5.11 Å². The van der Waals surface area contributed by atoms with E-state index in [1.165, 1.54) is 23.0 Å². The van der Waals surface area contributed by atoms with Crippen molar-refractivity contribution >= 4 is 0 Å². The molecule has 6 heteroatoms. The number of aliphatic hydroxyl groups is 1. The molecule has 1 unspecified atom stereocenters. The Labute approximate surface area is 101 Å². The smallest absolute Gasteiger partial charge is 0.382 e. The molecule has 0 aliphatic heterocycles. The van der Waals surface area contributed by atoms with E-state index in [9.17, 15) is 18.3 Å². The standard InChI is InChI=1S/C12H11F3N2O/c1-17-10(5-6-16-17)11(18)8-3-2-4-9(7-8)12(13,14)15/h2-7,11,18H,1H3. The van der Waals surface area contributed by atoms with Crippen molar-refractivity contribution in [1.29, 1.82) is 0 Å². The van der Waals surface area contributed by atoms with Crippen LogP contribution < -0.4 is 0 Å². The Morgan fingerprint density at radius 2 is 2.00 bits per heavy atom. The van der Waals surface area contributed by atoms with Crippen LogP contribution in [-0.4, -0.2) is 14.9 Å². The van der Waals surface area contributed by atoms with Crippen molar-refractivity contribution in [3.8, 4) is 0 Å². The van der Waals surface area contributed by atoms with Crippen LogP contribution in [0, 0.1) is 0 Å². The Bertz CT molecular complexity index is 548. The highest BCUT2D eigenvalue weighted by Gasteiger charge is 2.31. The van der Waals surface area contributed by atoms with E-state index in [-0.39, 0.29) is 5.56 Å². The molecule has 1 aromatic heterocycles. The first-order chi connectivity index (χ1) is 8.39. The summed E-state index contributed by atoms with van der Waals surface area (Å²) in [6.07, 6.45) is -4.06. The van der Waals surface area contributed by atoms with E-state index < -0.39 is 17.8 Å². The van der Waals surface area contributed by atoms with E-state index >= 15 is 0 Å². The normalized spacial score (nSPS) is 13.6. The summed E-state index contributed by atoms with van der Waals surface area (Å²) in [4.78, 5) is 0. The lowest BCUT2D eigenvalue weighted by molar-refractivity contribution is -0.137. The number of alkyl halides is 3. The fourth-order valence-electron chi connectivity index (χ4n) is 1.71. The molecule has 2 rings (SSSR count). The number of hydrogen-bond acceptors (Lipinski definition) is 2. The Morgan fingerprint density at radius 1 is 1.28 bits per heavy atom. The molecule has 1 aromatic carbocycles. The van der Waals surface area contributed by atoms with Gasteiger partial charge in [0.05, 0.1) is 11.3 Å². The summed E-state index contributed by atoms with van der Waals surface area (Å²) in [5.74, 6) is 0. The number of halogens is 3. The van der Waals surface area contributed by atoms with Gasteiger partial charge >= 0.3 is 6.18 Å². The molecular formula is C12H11F3N2O. The number of aryl methyl sites for hydroxylation is 1. The monoisotopic (exact) mass is 256 g/mol. The Morgan fingerprint density at radius 3 is 2.56 bits per heavy atom. The highest BCUT2D eigenvalue weighted by Crippen LogP contribution is 2.31. The maximum atomic E-state index is 12.6. The van der Waals surface area contributed by atoms with Crippen LogP contribution in [0.4, 0.5) is 13.2 Å². The summed E-state index contributed by atoms with van der Waals surface area (Å²) in [5, 5.41) is 13.9. The largest absolute Gasteiger partial charge is 0.416 e. The van der Waals surface area contributed by atoms with Crippen LogP contribution in [0.15, 0.2) is 36.5 Å². The minimum Gasteiger partial charge on any atom is -0.382 e. The van der Waals surface area contributed by atoms with Gasteiger partial charge in [-0.2, -0.15) is 18.3 Å². The molecule has 0 aliphatic rings. The lowest BCUT2D eigenvalue weighted by atomic mass is 10.0. The van der Waals surface area contributed by atoms with Crippen molar-refractivity contribution in [2.24, 2.45) is 7.05 Å². The van der Waals surface area contributed by atoms with Crippen LogP contribution in [-0.2, 0) is 13.2 Å². The summed E-state index contributed by atoms with van der Waals surface area (Å²) >= 11 is 0. The van der Waals surface area contributed by atoms with Gasteiger partial charge in [0.1, 0.15) is 6.10 Å². The highest BCUT2D eigenvalue weighted by molar-refractivity contribution is 5.31. The molecule has 0 amide bonds. The van der Waals surface area contributed by atoms with Crippen molar-refractivity contribution in [2.45, 2.75) is 12.3 Å². The molecule has 96 valence electrons. The topological polar surface area (TPSA) is 38.0 Å². The molecule has 0 radical (unpaired) electrons. The second-order valence-corrected chi connectivity index (χ2v) is 3.91. The van der Waals surface area contributed by atoms with E-state index in [2.05, 4.69) is 5.10 Å². The van der Waals surface area contributed by atoms with Gasteiger partial charge in [0.2, 0.25) is 0 Å². The molecule has 0 aliphatic carbocycles. The first-order valence-corrected chi connectivity index (χ1v) is 5.22. The number of benzene rings is 1. The number of aliphatic hydroxyl groups excluding tert-OH is 1. The molecule has 0 bridgehead atoms. The van der Waals surface area contributed by atoms with Crippen LogP contribution >= 0.6 is 0 Å². The summed E-state index contributed by atoms with van der Waals surface area (Å²) in [6.45, 7) is 0. The number of aromatic nitrogens is 2. The maximum Gasteiger partial charge on any atom is 0.416 e. The van der Waals surface area contributed by atoms with Gasteiger partial charge in [0.15, 0.2) is 0 Å². The highest BCUT2D eigenvalue weighted by atomic mass is 19.4. The predicted octanol–water partition coefficient (Wildman–Crippen LogP) is 2.52. The fraction of sp³-hybridized carbons (Fsp3) is 0.250. The van der Waals surface area contributed by atoms with Gasteiger partial charge in [0, 0.05) is 13.2 Å². The Kier molecular flexibility index (Phi) is 3.13. The van der Waals surface area contributed by atoms with Crippen molar-refractivity contribution in [3.63, 3.8) is 0 Å². The molecule has 2 aromatic rings. The van der Waals surface area contributed by atoms with E-state index in [0.29, 0.717) is 5.69 Å². The quantitative estimate of drug-likeness (QED) is 0.896. The third-order valence-corrected chi connectivity index (χ3v) is 2.67. The minimum absolute atomic E-state index is 0.188. The second-order valence-electron chi connectivity index (χ2n) is 3.91. The Hall–Kier alpha value is -1.82. The van der Waals surface area contributed by atoms with Crippen molar-refractivity contribution in [2.75, 3.05) is 0 Å². The predicted molar refractivity (Wildman–Crippen MR) is 58.7 cm³/mol. The van der Waals surface area contributed by atoms with Gasteiger partial charge in [0.25, 0.3) is 0 Å². The van der Waals surface area contributed by atoms with Crippen LogP contribution in [0.25, 0.3) is 0 Å². The fourth-order valence-corrected chi connectivity index (χ4v) is 1.71. The van der Waals surface area contributed by atoms with Crippen molar-refractivity contribution < 1.29 is 18.3 Å². The third-order valence-electron chi connectivity index (χ3n) is 2.67. The van der Waals surface area contributed by atoms with Gasteiger partial charge in [-0.1, -0.05) is 12.1 Å². The zero-order valence-electron chi connectivity index (χ0n) is 9.52. The first-order valence-electron chi connectivity index (χ1n) is 5.22. The molecule has 1 heterocycles. The lowest BCUT2D eigenvalue weighted by Crippen LogP contribution is -2.09. The average molecular weight is 256 g/mol. The summed E-state index contributed by atoms with van der Waals surface area (Å²) in [6, 6.07) is 6.20. The number of hydrogen-bond donors (Lipinski definition) is 1. The van der Waals surface area contributed by atoms with E-state index in [4.69, 9.17) is 0 Å². The van der Waals surface area contributed by atoms with E-state index in [1.807, 2.05) is 0 Å². The molecule has 0 saturated carbocycles. The molecule has 18 heavy (non-hydrogen) atoms. The van der Waals surface area contributed by atoms with Crippen molar-refractivity contribution in [3.05, 3.63) is 53.3 Å². The molecule has 1 N–H and O–H groups in total. The van der Waals surface area contributed by atoms with Gasteiger partial charge in [-0.05, 0) is 23.8 Å². The first kappa shape index (κ1) is 12.6. The van der Waals surface area contributed by atoms with Gasteiger partial charge in [-0.25, -0.2) is 0 Å². The molecular weight excluding hydrogens is 245 g/mol. The van der Waals surface area contributed by atoms with Crippen LogP contribution in [0.2, 0.25) is 0 Å². The van der Waals surface area contributed by atoms with Crippen LogP contribution in [0.3, 0.4) is 0 Å². The molecule has 1 atom stereocenters. The van der Waals surface area contributed by atoms with Gasteiger partial charge in [-0.15, -0.1) is 0 Å². The summed E-state index contributed by atoms with van der Waals surface area (Å²) in [5.41, 5.74) is -0.149. The zero-order chi connectivity index (χ0) is 13.3. The van der Waals surface area contributed by atoms with E-state index in [1.54, 1.807) is 13.1 Å². The van der Waals surface area contributed by atoms with Crippen molar-refractivity contribution in [1.82, 2.24) is 9.78 Å². The van der Waals surface area contributed by atoms with Crippen LogP contribution in [0.5, 0.6) is 0 Å². The summed E-state index contributed by atoms with van der Waals surface area (Å²) in [7, 11) is 1.62. The molecule has 3 nitrogen and oxygen atoms in total. The second kappa shape index (κ2) is 4.45.